The van der Waals surface area contributed by atoms with Crippen LogP contribution in [0.2, 0.25) is 0 Å². The number of carbonyl (C=O) groups is 2. The molecule has 0 unspecified atom stereocenters. The number of anilines is 2. The Morgan fingerprint density at radius 2 is 0.958 bits per heavy atom. The average Bonchev–Trinajstić information content (AvgIpc) is 2.44. The number of phenolic OH excluding ortho intramolecular Hbond substituents is 2. The van der Waals surface area contributed by atoms with Crippen LogP contribution in [-0.4, -0.2) is 22.0 Å². The molecule has 0 atom stereocenters. The third-order valence-electron chi connectivity index (χ3n) is 2.38. The van der Waals surface area contributed by atoms with E-state index in [1.807, 2.05) is 0 Å². The van der Waals surface area contributed by atoms with E-state index in [0.29, 0.717) is 11.4 Å². The summed E-state index contributed by atoms with van der Waals surface area (Å²) in [6, 6.07) is 12.6. The molecule has 2 aromatic carbocycles. The first-order chi connectivity index (χ1) is 10.4. The number of carbonyl (C=O) groups excluding carboxylic acids is 2. The molecule has 4 N–H and O–H groups in total. The molecule has 0 aliphatic rings. The van der Waals surface area contributed by atoms with Gasteiger partial charge in [0.1, 0.15) is 11.5 Å². The van der Waals surface area contributed by atoms with Gasteiger partial charge in [0.05, 0.1) is 0 Å². The van der Waals surface area contributed by atoms with Crippen LogP contribution in [0.1, 0.15) is 13.8 Å². The molecule has 132 valence electrons. The molecule has 0 fully saturated rings. The quantitative estimate of drug-likeness (QED) is 0.556. The Labute approximate surface area is 207 Å². The van der Waals surface area contributed by atoms with Gasteiger partial charge < -0.3 is 20.8 Å². The molecule has 0 saturated carbocycles. The Morgan fingerprint density at radius 1 is 0.708 bits per heavy atom. The number of nitrogens with one attached hydrogen (secondary N) is 2. The normalized spacial score (nSPS) is 8.42. The van der Waals surface area contributed by atoms with Gasteiger partial charge in [0.25, 0.3) is 0 Å². The molecule has 24 heavy (non-hydrogen) atoms. The second kappa shape index (κ2) is 13.9. The SMILES string of the molecule is CC(=O)Nc1ccc(O)cc1.CC(=O)Nc1ccc(O)cc1.[Ar].[Kr]. The smallest absolute Gasteiger partial charge is 0.221 e. The number of aromatic hydroxyl groups is 2. The summed E-state index contributed by atoms with van der Waals surface area (Å²) in [6.45, 7) is 2.87. The molecule has 0 aliphatic heterocycles. The Morgan fingerprint density at radius 3 is 1.17 bits per heavy atom. The molecule has 2 amide bonds. The third-order valence-corrected chi connectivity index (χ3v) is 2.38. The van der Waals surface area contributed by atoms with E-state index in [2.05, 4.69) is 10.6 Å². The van der Waals surface area contributed by atoms with Crippen molar-refractivity contribution in [2.24, 2.45) is 0 Å². The van der Waals surface area contributed by atoms with E-state index >= 15 is 0 Å². The standard InChI is InChI=1S/2C8H9NO2.Ar.Kr/c2*1-6(10)9-7-2-4-8(11)5-3-7;;/h2*2-5,11H,1H3,(H,9,10);;. The fourth-order valence-corrected chi connectivity index (χ4v) is 1.50. The minimum Gasteiger partial charge on any atom is -0.508 e. The van der Waals surface area contributed by atoms with Crippen molar-refractivity contribution in [2.45, 2.75) is 13.8 Å². The van der Waals surface area contributed by atoms with Crippen LogP contribution in [0.4, 0.5) is 11.4 Å². The maximum absolute atomic E-state index is 10.5. The Hall–Kier alpha value is -0.280. The van der Waals surface area contributed by atoms with Crippen LogP contribution in [0.5, 0.6) is 11.5 Å². The zero-order valence-electron chi connectivity index (χ0n) is 13.0. The van der Waals surface area contributed by atoms with E-state index in [0.717, 1.165) is 0 Å². The van der Waals surface area contributed by atoms with Crippen LogP contribution in [0.25, 0.3) is 0 Å². The molecule has 0 aromatic heterocycles. The minimum absolute atomic E-state index is 0. The average molecular weight is 426 g/mol. The van der Waals surface area contributed by atoms with E-state index in [9.17, 15) is 9.59 Å². The van der Waals surface area contributed by atoms with Crippen LogP contribution in [0.15, 0.2) is 48.5 Å². The molecule has 0 radical (unpaired) electrons. The molecular formula is C16H18ArKrN2O4. The topological polar surface area (TPSA) is 98.7 Å². The van der Waals surface area contributed by atoms with Crippen molar-refractivity contribution in [1.82, 2.24) is 0 Å². The fourth-order valence-electron chi connectivity index (χ4n) is 1.50. The molecular weight excluding hydrogens is 408 g/mol. The summed E-state index contributed by atoms with van der Waals surface area (Å²) in [5, 5.41) is 22.9. The summed E-state index contributed by atoms with van der Waals surface area (Å²) in [5.74, 6) is 0.157. The summed E-state index contributed by atoms with van der Waals surface area (Å²) < 4.78 is 0. The van der Waals surface area contributed by atoms with E-state index in [1.54, 1.807) is 24.3 Å². The first-order valence-corrected chi connectivity index (χ1v) is 6.50. The van der Waals surface area contributed by atoms with Crippen molar-refractivity contribution in [1.29, 1.82) is 0 Å². The number of phenols is 2. The van der Waals surface area contributed by atoms with Gasteiger partial charge >= 0.3 is 0 Å². The van der Waals surface area contributed by atoms with Crippen molar-refractivity contribution in [3.8, 4) is 11.5 Å². The van der Waals surface area contributed by atoms with Gasteiger partial charge in [-0.05, 0) is 48.5 Å². The van der Waals surface area contributed by atoms with Gasteiger partial charge in [-0.3, -0.25) is 9.59 Å². The van der Waals surface area contributed by atoms with E-state index in [1.165, 1.54) is 38.1 Å². The Balaban J connectivity index is 0. The number of hydrogen-bond acceptors (Lipinski definition) is 4. The van der Waals surface area contributed by atoms with Gasteiger partial charge in [-0.1, -0.05) is 0 Å². The monoisotopic (exact) mass is 426 g/mol. The minimum atomic E-state index is -0.115. The molecule has 0 bridgehead atoms. The van der Waals surface area contributed by atoms with E-state index in [-0.39, 0.29) is 107 Å². The molecule has 0 heterocycles. The summed E-state index contributed by atoms with van der Waals surface area (Å²) in [6.07, 6.45) is 0. The maximum Gasteiger partial charge on any atom is 0.221 e. The van der Waals surface area contributed by atoms with Crippen LogP contribution < -0.4 is 10.6 Å². The third kappa shape index (κ3) is 12.1. The molecule has 2 rings (SSSR count). The van der Waals surface area contributed by atoms with Gasteiger partial charge in [0, 0.05) is 108 Å². The summed E-state index contributed by atoms with van der Waals surface area (Å²) >= 11 is 0. The molecule has 2 aromatic rings. The number of amides is 2. The first-order valence-electron chi connectivity index (χ1n) is 6.50. The summed E-state index contributed by atoms with van der Waals surface area (Å²) in [5.41, 5.74) is 1.38. The van der Waals surface area contributed by atoms with Gasteiger partial charge in [0.15, 0.2) is 0 Å². The largest absolute Gasteiger partial charge is 0.508 e. The van der Waals surface area contributed by atoms with Crippen LogP contribution in [0.3, 0.4) is 0 Å². The summed E-state index contributed by atoms with van der Waals surface area (Å²) in [7, 11) is 0. The van der Waals surface area contributed by atoms with Gasteiger partial charge in [-0.2, -0.15) is 0 Å². The predicted molar refractivity (Wildman–Crippen MR) is 84.8 cm³/mol. The fraction of sp³-hybridized carbons (Fsp3) is 0.125. The van der Waals surface area contributed by atoms with Crippen LogP contribution in [-0.2, 0) is 9.59 Å². The van der Waals surface area contributed by atoms with Gasteiger partial charge in [0.2, 0.25) is 11.8 Å². The molecule has 8 heteroatoms. The zero-order chi connectivity index (χ0) is 16.5. The second-order valence-corrected chi connectivity index (χ2v) is 4.46. The number of benzene rings is 2. The van der Waals surface area contributed by atoms with Gasteiger partial charge in [-0.15, -0.1) is 0 Å². The zero-order valence-corrected chi connectivity index (χ0v) is 15.2. The molecule has 0 aliphatic carbocycles. The Kier molecular flexibility index (Phi) is 15.1. The van der Waals surface area contributed by atoms with Crippen molar-refractivity contribution < 1.29 is 103 Å². The molecule has 6 nitrogen and oxygen atoms in total. The van der Waals surface area contributed by atoms with Crippen molar-refractivity contribution >= 4 is 23.2 Å². The molecule has 0 spiro atoms. The van der Waals surface area contributed by atoms with E-state index < -0.39 is 0 Å². The van der Waals surface area contributed by atoms with Crippen molar-refractivity contribution in [3.05, 3.63) is 48.5 Å². The Bertz CT molecular complexity index is 576. The maximum atomic E-state index is 10.5. The van der Waals surface area contributed by atoms with Crippen LogP contribution >= 0.6 is 0 Å². The van der Waals surface area contributed by atoms with Crippen LogP contribution in [0, 0.1) is 83.2 Å². The first kappa shape index (κ1) is 26.0. The van der Waals surface area contributed by atoms with Gasteiger partial charge in [-0.25, -0.2) is 0 Å². The number of hydrogen-bond donors (Lipinski definition) is 4. The summed E-state index contributed by atoms with van der Waals surface area (Å²) in [4.78, 5) is 21.0. The number of rotatable bonds is 2. The second-order valence-electron chi connectivity index (χ2n) is 4.46. The van der Waals surface area contributed by atoms with Crippen molar-refractivity contribution in [2.75, 3.05) is 10.6 Å². The van der Waals surface area contributed by atoms with Crippen molar-refractivity contribution in [3.63, 3.8) is 0 Å². The van der Waals surface area contributed by atoms with E-state index in [4.69, 9.17) is 10.2 Å². The predicted octanol–water partition coefficient (Wildman–Crippen LogP) is 2.70. The molecule has 0 saturated heterocycles.